The molecule has 0 aromatic carbocycles. The van der Waals surface area contributed by atoms with E-state index >= 15 is 0 Å². The van der Waals surface area contributed by atoms with E-state index in [1.54, 1.807) is 7.11 Å². The maximum absolute atomic E-state index is 12.2. The number of ether oxygens (including phenoxy) is 2. The minimum Gasteiger partial charge on any atom is -0.444 e. The van der Waals surface area contributed by atoms with Crippen molar-refractivity contribution >= 4 is 6.09 Å². The number of rotatable bonds is 5. The van der Waals surface area contributed by atoms with Crippen LogP contribution in [0.2, 0.25) is 0 Å². The third-order valence-corrected chi connectivity index (χ3v) is 3.78. The van der Waals surface area contributed by atoms with Gasteiger partial charge < -0.3 is 19.7 Å². The predicted octanol–water partition coefficient (Wildman–Crippen LogP) is 2.65. The maximum Gasteiger partial charge on any atom is 0.410 e. The fourth-order valence-corrected chi connectivity index (χ4v) is 2.79. The van der Waals surface area contributed by atoms with Crippen LogP contribution in [0, 0.1) is 5.92 Å². The van der Waals surface area contributed by atoms with E-state index in [1.165, 1.54) is 0 Å². The van der Waals surface area contributed by atoms with Crippen molar-refractivity contribution in [2.75, 3.05) is 26.8 Å². The molecule has 1 aliphatic rings. The Hall–Kier alpha value is -0.810. The molecule has 3 atom stereocenters. The molecular formula is C16H32N2O3. The van der Waals surface area contributed by atoms with Crippen LogP contribution in [-0.4, -0.2) is 55.5 Å². The van der Waals surface area contributed by atoms with Gasteiger partial charge in [0.1, 0.15) is 5.60 Å². The Morgan fingerprint density at radius 1 is 1.38 bits per heavy atom. The fraction of sp³-hybridized carbons (Fsp3) is 0.938. The lowest BCUT2D eigenvalue weighted by Gasteiger charge is -2.37. The number of carbonyl (C=O) groups excluding carboxylic acids is 1. The zero-order valence-electron chi connectivity index (χ0n) is 14.4. The Morgan fingerprint density at radius 3 is 2.62 bits per heavy atom. The number of methoxy groups -OCH3 is 1. The number of nitrogens with zero attached hydrogens (tertiary/aromatic N) is 1. The Bertz CT molecular complexity index is 328. The zero-order valence-corrected chi connectivity index (χ0v) is 14.4. The molecular weight excluding hydrogens is 268 g/mol. The lowest BCUT2D eigenvalue weighted by molar-refractivity contribution is 0.0144. The van der Waals surface area contributed by atoms with Crippen LogP contribution >= 0.6 is 0 Å². The summed E-state index contributed by atoms with van der Waals surface area (Å²) in [6, 6.07) is 0.683. The second-order valence-electron chi connectivity index (χ2n) is 7.14. The first kappa shape index (κ1) is 18.2. The highest BCUT2D eigenvalue weighted by atomic mass is 16.6. The molecule has 21 heavy (non-hydrogen) atoms. The monoisotopic (exact) mass is 300 g/mol. The Balaban J connectivity index is 2.49. The van der Waals surface area contributed by atoms with E-state index in [-0.39, 0.29) is 6.09 Å². The van der Waals surface area contributed by atoms with E-state index < -0.39 is 5.60 Å². The lowest BCUT2D eigenvalue weighted by atomic mass is 9.91. The second-order valence-corrected chi connectivity index (χ2v) is 7.14. The molecule has 1 fully saturated rings. The van der Waals surface area contributed by atoms with Crippen molar-refractivity contribution in [1.29, 1.82) is 0 Å². The molecule has 1 amide bonds. The van der Waals surface area contributed by atoms with Crippen molar-refractivity contribution in [2.45, 2.75) is 65.1 Å². The average Bonchev–Trinajstić information content (AvgIpc) is 2.37. The summed E-state index contributed by atoms with van der Waals surface area (Å²) in [7, 11) is 1.72. The van der Waals surface area contributed by atoms with Crippen molar-refractivity contribution in [3.05, 3.63) is 0 Å². The number of carbonyl (C=O) groups is 1. The van der Waals surface area contributed by atoms with Gasteiger partial charge in [0.2, 0.25) is 0 Å². The van der Waals surface area contributed by atoms with E-state index in [1.807, 2.05) is 25.7 Å². The smallest absolute Gasteiger partial charge is 0.410 e. The topological polar surface area (TPSA) is 50.8 Å². The summed E-state index contributed by atoms with van der Waals surface area (Å²) in [6.07, 6.45) is 1.99. The van der Waals surface area contributed by atoms with Gasteiger partial charge in [0.15, 0.2) is 0 Å². The standard InChI is InChI=1S/C16H32N2O3/c1-12(11-20-6)17-13(2)14-8-7-9-18(10-14)15(19)21-16(3,4)5/h12-14,17H,7-11H2,1-6H3. The molecule has 3 unspecified atom stereocenters. The zero-order chi connectivity index (χ0) is 16.0. The number of piperidine rings is 1. The third-order valence-electron chi connectivity index (χ3n) is 3.78. The minimum atomic E-state index is -0.430. The fourth-order valence-electron chi connectivity index (χ4n) is 2.79. The summed E-state index contributed by atoms with van der Waals surface area (Å²) in [5.41, 5.74) is -0.430. The summed E-state index contributed by atoms with van der Waals surface area (Å²) in [6.45, 7) is 12.3. The molecule has 0 bridgehead atoms. The molecule has 0 aromatic heterocycles. The van der Waals surface area contributed by atoms with Crippen molar-refractivity contribution in [2.24, 2.45) is 5.92 Å². The van der Waals surface area contributed by atoms with Gasteiger partial charge in [-0.15, -0.1) is 0 Å². The van der Waals surface area contributed by atoms with Crippen LogP contribution < -0.4 is 5.32 Å². The van der Waals surface area contributed by atoms with Crippen LogP contribution in [0.5, 0.6) is 0 Å². The first-order valence-corrected chi connectivity index (χ1v) is 7.96. The summed E-state index contributed by atoms with van der Waals surface area (Å²) < 4.78 is 10.6. The van der Waals surface area contributed by atoms with E-state index in [2.05, 4.69) is 19.2 Å². The average molecular weight is 300 g/mol. The molecule has 0 aliphatic carbocycles. The van der Waals surface area contributed by atoms with Gasteiger partial charge in [0.25, 0.3) is 0 Å². The van der Waals surface area contributed by atoms with Gasteiger partial charge in [-0.25, -0.2) is 4.79 Å². The van der Waals surface area contributed by atoms with E-state index in [4.69, 9.17) is 9.47 Å². The van der Waals surface area contributed by atoms with Crippen LogP contribution in [0.25, 0.3) is 0 Å². The normalized spacial score (nSPS) is 22.8. The third kappa shape index (κ3) is 6.66. The summed E-state index contributed by atoms with van der Waals surface area (Å²) >= 11 is 0. The summed E-state index contributed by atoms with van der Waals surface area (Å²) in [5, 5.41) is 3.55. The predicted molar refractivity (Wildman–Crippen MR) is 84.5 cm³/mol. The van der Waals surface area contributed by atoms with Crippen LogP contribution in [0.1, 0.15) is 47.5 Å². The van der Waals surface area contributed by atoms with Crippen LogP contribution in [0.3, 0.4) is 0 Å². The highest BCUT2D eigenvalue weighted by molar-refractivity contribution is 5.68. The van der Waals surface area contributed by atoms with Gasteiger partial charge >= 0.3 is 6.09 Å². The van der Waals surface area contributed by atoms with E-state index in [9.17, 15) is 4.79 Å². The van der Waals surface area contributed by atoms with Gasteiger partial charge in [-0.1, -0.05) is 0 Å². The maximum atomic E-state index is 12.2. The van der Waals surface area contributed by atoms with Crippen LogP contribution in [-0.2, 0) is 9.47 Å². The highest BCUT2D eigenvalue weighted by Gasteiger charge is 2.30. The molecule has 5 heteroatoms. The van der Waals surface area contributed by atoms with Crippen LogP contribution in [0.4, 0.5) is 4.79 Å². The first-order chi connectivity index (χ1) is 9.73. The molecule has 1 rings (SSSR count). The number of amides is 1. The molecule has 1 saturated heterocycles. The number of likely N-dealkylation sites (tertiary alicyclic amines) is 1. The molecule has 124 valence electrons. The van der Waals surface area contributed by atoms with Crippen molar-refractivity contribution in [1.82, 2.24) is 10.2 Å². The lowest BCUT2D eigenvalue weighted by Crippen LogP contribution is -2.50. The molecule has 0 aromatic rings. The molecule has 0 radical (unpaired) electrons. The number of hydrogen-bond acceptors (Lipinski definition) is 4. The molecule has 0 saturated carbocycles. The van der Waals surface area contributed by atoms with Gasteiger partial charge in [0, 0.05) is 32.3 Å². The Labute approximate surface area is 129 Å². The van der Waals surface area contributed by atoms with Gasteiger partial charge in [-0.2, -0.15) is 0 Å². The molecule has 1 heterocycles. The Kier molecular flexibility index (Phi) is 6.94. The van der Waals surface area contributed by atoms with Crippen molar-refractivity contribution < 1.29 is 14.3 Å². The number of nitrogens with one attached hydrogen (secondary N) is 1. The minimum absolute atomic E-state index is 0.190. The van der Waals surface area contributed by atoms with Crippen molar-refractivity contribution in [3.63, 3.8) is 0 Å². The highest BCUT2D eigenvalue weighted by Crippen LogP contribution is 2.22. The van der Waals surface area contributed by atoms with Crippen molar-refractivity contribution in [3.8, 4) is 0 Å². The summed E-state index contributed by atoms with van der Waals surface area (Å²) in [4.78, 5) is 14.0. The SMILES string of the molecule is COCC(C)NC(C)C1CCCN(C(=O)OC(C)(C)C)C1. The van der Waals surface area contributed by atoms with Gasteiger partial charge in [-0.3, -0.25) is 0 Å². The summed E-state index contributed by atoms with van der Waals surface area (Å²) in [5.74, 6) is 0.463. The van der Waals surface area contributed by atoms with E-state index in [0.717, 1.165) is 25.9 Å². The largest absolute Gasteiger partial charge is 0.444 e. The Morgan fingerprint density at radius 2 is 2.05 bits per heavy atom. The number of hydrogen-bond donors (Lipinski definition) is 1. The van der Waals surface area contributed by atoms with Gasteiger partial charge in [0.05, 0.1) is 6.61 Å². The first-order valence-electron chi connectivity index (χ1n) is 7.96. The molecule has 1 aliphatic heterocycles. The molecule has 1 N–H and O–H groups in total. The van der Waals surface area contributed by atoms with Crippen LogP contribution in [0.15, 0.2) is 0 Å². The second kappa shape index (κ2) is 7.99. The quantitative estimate of drug-likeness (QED) is 0.848. The van der Waals surface area contributed by atoms with E-state index in [0.29, 0.717) is 24.6 Å². The molecule has 0 spiro atoms. The van der Waals surface area contributed by atoms with Gasteiger partial charge in [-0.05, 0) is 53.4 Å². The molecule has 5 nitrogen and oxygen atoms in total.